The lowest BCUT2D eigenvalue weighted by molar-refractivity contribution is 1.69. The summed E-state index contributed by atoms with van der Waals surface area (Å²) in [4.78, 5) is 0. The Balaban J connectivity index is 1.67. The molecule has 250 valence electrons. The van der Waals surface area contributed by atoms with E-state index in [2.05, 4.69) is 0 Å². The summed E-state index contributed by atoms with van der Waals surface area (Å²) in [6, 6.07) is 9.06. The van der Waals surface area contributed by atoms with Gasteiger partial charge in [-0.15, -0.1) is 54.6 Å². The summed E-state index contributed by atoms with van der Waals surface area (Å²) in [6.45, 7) is 0. The summed E-state index contributed by atoms with van der Waals surface area (Å²) < 4.78 is 0. The van der Waals surface area contributed by atoms with Gasteiger partial charge in [-0.3, -0.25) is 0 Å². The Morgan fingerprint density at radius 3 is 0.687 bits per heavy atom. The van der Waals surface area contributed by atoms with E-state index in [1.165, 1.54) is 0 Å². The summed E-state index contributed by atoms with van der Waals surface area (Å²) in [6.07, 6.45) is 0. The number of rotatable bonds is 3. The normalized spacial score (nSPS) is 11.8. The van der Waals surface area contributed by atoms with Crippen molar-refractivity contribution < 1.29 is 0 Å². The fourth-order valence-electron chi connectivity index (χ4n) is 9.73. The van der Waals surface area contributed by atoms with Gasteiger partial charge in [-0.1, -0.05) is 101 Å². The van der Waals surface area contributed by atoms with Crippen LogP contribution in [0, 0.1) is 0 Å². The first kappa shape index (κ1) is 47.8. The second kappa shape index (κ2) is 16.4. The molecule has 0 aliphatic heterocycles. The highest BCUT2D eigenvalue weighted by atomic mass is 14.3. The van der Waals surface area contributed by atoms with E-state index in [0.29, 0.717) is 11.1 Å². The molecule has 23 heteroatoms. The third-order valence-electron chi connectivity index (χ3n) is 13.2. The molecular formula is C44H5B23. The van der Waals surface area contributed by atoms with E-state index >= 15 is 0 Å². The van der Waals surface area contributed by atoms with Crippen LogP contribution in [0.4, 0.5) is 0 Å². The average Bonchev–Trinajstić information content (AvgIpc) is 3.31. The van der Waals surface area contributed by atoms with Crippen molar-refractivity contribution in [2.45, 2.75) is 0 Å². The van der Waals surface area contributed by atoms with Crippen molar-refractivity contribution in [1.29, 1.82) is 0 Å². The first-order valence-corrected chi connectivity index (χ1v) is 20.1. The first-order valence-electron chi connectivity index (χ1n) is 20.1. The molecule has 0 saturated heterocycles. The van der Waals surface area contributed by atoms with Crippen molar-refractivity contribution in [3.63, 3.8) is 0 Å². The molecule has 0 spiro atoms. The largest absolute Gasteiger partial charge is 0.115 e. The number of benzene rings is 9. The second-order valence-electron chi connectivity index (χ2n) is 16.5. The van der Waals surface area contributed by atoms with Crippen LogP contribution in [0.2, 0.25) is 0 Å². The van der Waals surface area contributed by atoms with E-state index in [-0.39, 0.29) is 202 Å². The zero-order valence-electron chi connectivity index (χ0n) is 35.7. The maximum Gasteiger partial charge on any atom is 0.115 e. The van der Waals surface area contributed by atoms with Gasteiger partial charge in [-0.2, -0.15) is 0 Å². The third-order valence-corrected chi connectivity index (χ3v) is 13.2. The zero-order valence-corrected chi connectivity index (χ0v) is 35.7. The van der Waals surface area contributed by atoms with Crippen LogP contribution in [0.1, 0.15) is 0 Å². The molecule has 0 aliphatic carbocycles. The molecule has 0 aromatic heterocycles. The summed E-state index contributed by atoms with van der Waals surface area (Å²) in [5.74, 6) is 0. The van der Waals surface area contributed by atoms with E-state index < -0.39 is 0 Å². The molecule has 0 atom stereocenters. The second-order valence-corrected chi connectivity index (χ2v) is 16.5. The van der Waals surface area contributed by atoms with Crippen LogP contribution in [0.25, 0.3) is 87.2 Å². The highest BCUT2D eigenvalue weighted by molar-refractivity contribution is 6.77. The van der Waals surface area contributed by atoms with Gasteiger partial charge in [0.15, 0.2) is 0 Å². The highest BCUT2D eigenvalue weighted by Crippen LogP contribution is 2.43. The lowest BCUT2D eigenvalue weighted by atomic mass is 9.56. The molecule has 9 aromatic rings. The maximum absolute atomic E-state index is 7.42. The van der Waals surface area contributed by atoms with E-state index in [1.807, 2.05) is 18.2 Å². The van der Waals surface area contributed by atoms with Crippen LogP contribution in [0.15, 0.2) is 30.3 Å². The molecular weight excluding hydrogens is 777 g/mol. The predicted octanol–water partition coefficient (Wildman–Crippen LogP) is -15.3. The van der Waals surface area contributed by atoms with Crippen LogP contribution in [-0.4, -0.2) is 180 Å². The van der Waals surface area contributed by atoms with Gasteiger partial charge in [0.1, 0.15) is 180 Å². The Labute approximate surface area is 421 Å². The van der Waals surface area contributed by atoms with Gasteiger partial charge >= 0.3 is 0 Å². The van der Waals surface area contributed by atoms with Crippen LogP contribution < -0.4 is 126 Å². The molecule has 0 N–H and O–H groups in total. The molecule has 0 aliphatic rings. The molecule has 0 nitrogen and oxygen atoms in total. The van der Waals surface area contributed by atoms with Gasteiger partial charge in [0.25, 0.3) is 0 Å². The minimum absolute atomic E-state index is 0.00203. The number of hydrogen-bond donors (Lipinski definition) is 0. The van der Waals surface area contributed by atoms with Crippen LogP contribution in [0.3, 0.4) is 0 Å². The maximum atomic E-state index is 7.42. The van der Waals surface area contributed by atoms with Gasteiger partial charge in [0.2, 0.25) is 0 Å². The molecule has 0 amide bonds. The standard InChI is InChI=1S/C44H5B23/c45-22-14(17-19(32(55)42(65)40(63)30(17)53)20-21(22)34(57)44(67)43(66)33(20)56)16-18-15(29(52)39(62)41(64)31(18)54)13(23(46)24(16)47)8-11-9(25(48)35(58)37(60)27(11)50)7(6-4-2-1-3-5-6)10-12(8)28(51)38(61)36(59)26(10)49/h1-5H. The molecule has 46 radical (unpaired) electrons. The summed E-state index contributed by atoms with van der Waals surface area (Å²) in [5, 5.41) is 1.41. The smallest absolute Gasteiger partial charge is 0.110 e. The van der Waals surface area contributed by atoms with Crippen LogP contribution >= 0.6 is 0 Å². The van der Waals surface area contributed by atoms with E-state index in [1.54, 1.807) is 12.1 Å². The van der Waals surface area contributed by atoms with Gasteiger partial charge in [0, 0.05) is 0 Å². The molecule has 67 heavy (non-hydrogen) atoms. The van der Waals surface area contributed by atoms with Gasteiger partial charge < -0.3 is 0 Å². The lowest BCUT2D eigenvalue weighted by Gasteiger charge is -2.33. The van der Waals surface area contributed by atoms with Crippen molar-refractivity contribution >= 4 is 360 Å². The van der Waals surface area contributed by atoms with Crippen LogP contribution in [0.5, 0.6) is 0 Å². The topological polar surface area (TPSA) is 0 Å². The minimum Gasteiger partial charge on any atom is -0.110 e. The lowest BCUT2D eigenvalue weighted by Crippen LogP contribution is -2.52. The SMILES string of the molecule is [B]c1c([B])c([B])c2c(-c3c([B])c4c([B])c([B])c([B])c([B])c4c4c([B])c([B])c([B])c([B])c34)c([B])c([B])c(-c3c4c([B])c([B])c([B])c([B])c4c(-c4ccccc4)c4c([B])c([B])c([B])c([B])c34)c2c1[B]. The average molecular weight is 782 g/mol. The Bertz CT molecular complexity index is 3740. The molecule has 9 aromatic carbocycles. The van der Waals surface area contributed by atoms with Gasteiger partial charge in [0.05, 0.1) is 0 Å². The van der Waals surface area contributed by atoms with E-state index in [4.69, 9.17) is 180 Å². The predicted molar refractivity (Wildman–Crippen MR) is 314 cm³/mol. The fourth-order valence-corrected chi connectivity index (χ4v) is 9.73. The first-order chi connectivity index (χ1) is 31.4. The van der Waals surface area contributed by atoms with Crippen molar-refractivity contribution in [3.8, 4) is 33.4 Å². The Morgan fingerprint density at radius 1 is 0.149 bits per heavy atom. The molecule has 0 heterocycles. The van der Waals surface area contributed by atoms with Crippen molar-refractivity contribution in [2.24, 2.45) is 0 Å². The Kier molecular flexibility index (Phi) is 11.7. The van der Waals surface area contributed by atoms with Gasteiger partial charge in [-0.25, -0.2) is 0 Å². The monoisotopic (exact) mass is 786 g/mol. The van der Waals surface area contributed by atoms with Crippen molar-refractivity contribution in [1.82, 2.24) is 0 Å². The van der Waals surface area contributed by atoms with E-state index in [0.717, 1.165) is 0 Å². The Morgan fingerprint density at radius 2 is 0.358 bits per heavy atom. The number of fused-ring (bicyclic) bond motifs is 6. The molecule has 0 saturated carbocycles. The molecule has 9 rings (SSSR count). The van der Waals surface area contributed by atoms with Crippen molar-refractivity contribution in [3.05, 3.63) is 30.3 Å². The van der Waals surface area contributed by atoms with Crippen LogP contribution in [-0.2, 0) is 0 Å². The number of hydrogen-bond acceptors (Lipinski definition) is 0. The zero-order chi connectivity index (χ0) is 49.1. The molecule has 0 fully saturated rings. The minimum atomic E-state index is -0.202. The van der Waals surface area contributed by atoms with Crippen molar-refractivity contribution in [2.75, 3.05) is 0 Å². The Hall–Kier alpha value is -4.23. The third kappa shape index (κ3) is 6.26. The van der Waals surface area contributed by atoms with Gasteiger partial charge in [-0.05, 0) is 87.2 Å². The molecule has 0 unspecified atom stereocenters. The quantitative estimate of drug-likeness (QED) is 0.0951. The summed E-state index contributed by atoms with van der Waals surface area (Å²) >= 11 is 0. The molecule has 0 bridgehead atoms. The van der Waals surface area contributed by atoms with E-state index in [9.17, 15) is 0 Å². The highest BCUT2D eigenvalue weighted by Gasteiger charge is 2.31. The summed E-state index contributed by atoms with van der Waals surface area (Å²) in [5.41, 5.74) is -0.883. The fraction of sp³-hybridized carbons (Fsp3) is 0. The summed E-state index contributed by atoms with van der Waals surface area (Å²) in [7, 11) is 157.